The highest BCUT2D eigenvalue weighted by molar-refractivity contribution is 7.89. The number of carbonyl (C=O) groups is 2. The molecule has 0 spiro atoms. The van der Waals surface area contributed by atoms with E-state index in [1.54, 1.807) is 12.1 Å². The molecule has 31 heavy (non-hydrogen) atoms. The minimum atomic E-state index is -3.95. The topological polar surface area (TPSA) is 115 Å². The van der Waals surface area contributed by atoms with Crippen LogP contribution in [0.4, 0.5) is 5.69 Å². The molecule has 0 radical (unpaired) electrons. The summed E-state index contributed by atoms with van der Waals surface area (Å²) in [5.74, 6) is -1.19. The normalized spacial score (nSPS) is 15.1. The molecule has 0 saturated carbocycles. The number of hydrogen-bond donors (Lipinski definition) is 1. The number of methoxy groups -OCH3 is 1. The summed E-state index contributed by atoms with van der Waals surface area (Å²) < 4.78 is 33.1. The van der Waals surface area contributed by atoms with Crippen LogP contribution in [0.1, 0.15) is 36.0 Å². The monoisotopic (exact) mass is 447 g/mol. The van der Waals surface area contributed by atoms with Crippen molar-refractivity contribution < 1.29 is 22.7 Å². The molecular formula is C21H25N3O6S. The molecular weight excluding hydrogens is 422 g/mol. The summed E-state index contributed by atoms with van der Waals surface area (Å²) in [6, 6.07) is 9.01. The zero-order valence-electron chi connectivity index (χ0n) is 17.2. The molecule has 9 nitrogen and oxygen atoms in total. The van der Waals surface area contributed by atoms with Gasteiger partial charge in [-0.1, -0.05) is 25.0 Å². The van der Waals surface area contributed by atoms with Crippen LogP contribution in [0.15, 0.2) is 52.3 Å². The van der Waals surface area contributed by atoms with Crippen LogP contribution >= 0.6 is 0 Å². The summed E-state index contributed by atoms with van der Waals surface area (Å²) in [7, 11) is -2.71. The third kappa shape index (κ3) is 5.20. The third-order valence-electron chi connectivity index (χ3n) is 5.09. The van der Waals surface area contributed by atoms with Gasteiger partial charge < -0.3 is 14.6 Å². The van der Waals surface area contributed by atoms with Crippen molar-refractivity contribution in [1.82, 2.24) is 8.87 Å². The van der Waals surface area contributed by atoms with Gasteiger partial charge in [0.2, 0.25) is 15.9 Å². The molecule has 1 N–H and O–H groups in total. The summed E-state index contributed by atoms with van der Waals surface area (Å²) in [6.07, 6.45) is 4.77. The molecule has 166 valence electrons. The first kappa shape index (κ1) is 22.7. The lowest BCUT2D eigenvalue weighted by molar-refractivity contribution is -0.116. The number of ether oxygens (including phenoxy) is 1. The lowest BCUT2D eigenvalue weighted by Crippen LogP contribution is -2.37. The highest BCUT2D eigenvalue weighted by Crippen LogP contribution is 2.18. The van der Waals surface area contributed by atoms with Crippen molar-refractivity contribution in [3.8, 4) is 0 Å². The molecule has 3 rings (SSSR count). The number of esters is 1. The van der Waals surface area contributed by atoms with Gasteiger partial charge in [-0.3, -0.25) is 9.59 Å². The van der Waals surface area contributed by atoms with Crippen LogP contribution in [-0.4, -0.2) is 49.4 Å². The maximum Gasteiger partial charge on any atom is 0.339 e. The highest BCUT2D eigenvalue weighted by Gasteiger charge is 2.28. The molecule has 2 aromatic rings. The Balaban J connectivity index is 1.82. The van der Waals surface area contributed by atoms with Gasteiger partial charge in [0.1, 0.15) is 11.4 Å². The van der Waals surface area contributed by atoms with Gasteiger partial charge in [-0.05, 0) is 37.1 Å². The average molecular weight is 448 g/mol. The van der Waals surface area contributed by atoms with Gasteiger partial charge in [-0.25, -0.2) is 13.2 Å². The van der Waals surface area contributed by atoms with Crippen LogP contribution in [0, 0.1) is 0 Å². The fraction of sp³-hybridized carbons (Fsp3) is 0.381. The van der Waals surface area contributed by atoms with E-state index in [4.69, 9.17) is 4.74 Å². The first-order valence-electron chi connectivity index (χ1n) is 10.0. The minimum Gasteiger partial charge on any atom is -0.465 e. The van der Waals surface area contributed by atoms with E-state index < -0.39 is 34.0 Å². The second kappa shape index (κ2) is 9.88. The van der Waals surface area contributed by atoms with Crippen molar-refractivity contribution in [2.24, 2.45) is 0 Å². The second-order valence-electron chi connectivity index (χ2n) is 7.21. The minimum absolute atomic E-state index is 0.170. The Morgan fingerprint density at radius 2 is 1.71 bits per heavy atom. The van der Waals surface area contributed by atoms with Gasteiger partial charge in [0.25, 0.3) is 5.56 Å². The van der Waals surface area contributed by atoms with Crippen molar-refractivity contribution in [2.45, 2.75) is 37.1 Å². The van der Waals surface area contributed by atoms with Crippen LogP contribution < -0.4 is 10.9 Å². The molecule has 2 heterocycles. The van der Waals surface area contributed by atoms with Crippen LogP contribution in [-0.2, 0) is 26.1 Å². The number of amides is 1. The Morgan fingerprint density at radius 3 is 2.39 bits per heavy atom. The molecule has 0 atom stereocenters. The molecule has 10 heteroatoms. The number of nitrogens with zero attached hydrogens (tertiary/aromatic N) is 2. The van der Waals surface area contributed by atoms with Crippen molar-refractivity contribution in [2.75, 3.05) is 25.5 Å². The number of anilines is 1. The van der Waals surface area contributed by atoms with E-state index >= 15 is 0 Å². The molecule has 1 aliphatic heterocycles. The second-order valence-corrected chi connectivity index (χ2v) is 9.12. The van der Waals surface area contributed by atoms with Crippen LogP contribution in [0.25, 0.3) is 0 Å². The number of sulfonamides is 1. The maximum absolute atomic E-state index is 13.0. The number of benzene rings is 1. The lowest BCUT2D eigenvalue weighted by atomic mass is 10.2. The average Bonchev–Trinajstić information content (AvgIpc) is 3.05. The highest BCUT2D eigenvalue weighted by atomic mass is 32.2. The number of para-hydroxylation sites is 1. The standard InChI is InChI=1S/C21H25N3O6S/c1-30-21(27)16-9-4-5-10-17(16)22-19(25)15-23-12-8-11-18(20(23)26)31(28,29)24-13-6-2-3-7-14-24/h4-5,8-12H,2-3,6-7,13-15H2,1H3,(H,22,25). The Morgan fingerprint density at radius 1 is 1.03 bits per heavy atom. The van der Waals surface area contributed by atoms with Gasteiger partial charge in [0, 0.05) is 19.3 Å². The van der Waals surface area contributed by atoms with E-state index in [1.807, 2.05) is 0 Å². The largest absolute Gasteiger partial charge is 0.465 e. The van der Waals surface area contributed by atoms with Gasteiger partial charge in [-0.15, -0.1) is 0 Å². The number of rotatable bonds is 6. The Hall–Kier alpha value is -2.98. The van der Waals surface area contributed by atoms with Crippen molar-refractivity contribution in [1.29, 1.82) is 0 Å². The van der Waals surface area contributed by atoms with Gasteiger partial charge in [0.15, 0.2) is 0 Å². The summed E-state index contributed by atoms with van der Waals surface area (Å²) >= 11 is 0. The Bertz CT molecular complexity index is 1120. The third-order valence-corrected chi connectivity index (χ3v) is 7.00. The summed E-state index contributed by atoms with van der Waals surface area (Å²) in [4.78, 5) is 36.9. The lowest BCUT2D eigenvalue weighted by Gasteiger charge is -2.20. The van der Waals surface area contributed by atoms with Gasteiger partial charge >= 0.3 is 5.97 Å². The zero-order valence-corrected chi connectivity index (χ0v) is 18.1. The molecule has 0 bridgehead atoms. The molecule has 1 fully saturated rings. The molecule has 1 aromatic heterocycles. The molecule has 1 aliphatic rings. The zero-order chi connectivity index (χ0) is 22.4. The Labute approximate surface area is 180 Å². The number of carbonyl (C=O) groups excluding carboxylic acids is 2. The molecule has 1 amide bonds. The molecule has 1 saturated heterocycles. The number of pyridine rings is 1. The summed E-state index contributed by atoms with van der Waals surface area (Å²) in [6.45, 7) is 0.348. The van der Waals surface area contributed by atoms with Crippen molar-refractivity contribution in [3.63, 3.8) is 0 Å². The van der Waals surface area contributed by atoms with E-state index in [0.717, 1.165) is 30.3 Å². The van der Waals surface area contributed by atoms with Crippen LogP contribution in [0.2, 0.25) is 0 Å². The number of aromatic nitrogens is 1. The van der Waals surface area contributed by atoms with E-state index in [9.17, 15) is 22.8 Å². The maximum atomic E-state index is 13.0. The quantitative estimate of drug-likeness (QED) is 0.676. The SMILES string of the molecule is COC(=O)c1ccccc1NC(=O)Cn1cccc(S(=O)(=O)N2CCCCCC2)c1=O. The van der Waals surface area contributed by atoms with Crippen molar-refractivity contribution in [3.05, 3.63) is 58.5 Å². The molecule has 0 aliphatic carbocycles. The first-order chi connectivity index (χ1) is 14.8. The number of hydrogen-bond acceptors (Lipinski definition) is 6. The van der Waals surface area contributed by atoms with E-state index in [-0.39, 0.29) is 16.1 Å². The summed E-state index contributed by atoms with van der Waals surface area (Å²) in [5.41, 5.74) is -0.355. The van der Waals surface area contributed by atoms with Crippen LogP contribution in [0.5, 0.6) is 0 Å². The number of nitrogens with one attached hydrogen (secondary N) is 1. The van der Waals surface area contributed by atoms with Crippen LogP contribution in [0.3, 0.4) is 0 Å². The Kier molecular flexibility index (Phi) is 7.24. The fourth-order valence-corrected chi connectivity index (χ4v) is 5.09. The first-order valence-corrected chi connectivity index (χ1v) is 11.5. The fourth-order valence-electron chi connectivity index (χ4n) is 3.48. The van der Waals surface area contributed by atoms with Gasteiger partial charge in [0.05, 0.1) is 18.4 Å². The predicted molar refractivity (Wildman–Crippen MR) is 114 cm³/mol. The van der Waals surface area contributed by atoms with E-state index in [1.165, 1.54) is 41.9 Å². The van der Waals surface area contributed by atoms with E-state index in [2.05, 4.69) is 5.32 Å². The molecule has 1 aromatic carbocycles. The van der Waals surface area contributed by atoms with Crippen molar-refractivity contribution >= 4 is 27.6 Å². The summed E-state index contributed by atoms with van der Waals surface area (Å²) in [5, 5.41) is 2.57. The van der Waals surface area contributed by atoms with Gasteiger partial charge in [-0.2, -0.15) is 4.31 Å². The van der Waals surface area contributed by atoms with E-state index in [0.29, 0.717) is 13.1 Å². The smallest absolute Gasteiger partial charge is 0.339 e. The predicted octanol–water partition coefficient (Wildman–Crippen LogP) is 1.84. The molecule has 0 unspecified atom stereocenters.